The van der Waals surface area contributed by atoms with Gasteiger partial charge < -0.3 is 40.4 Å². The lowest BCUT2D eigenvalue weighted by Crippen LogP contribution is -2.69. The van der Waals surface area contributed by atoms with E-state index < -0.39 is 79.4 Å². The number of rotatable bonds is 32. The lowest BCUT2D eigenvalue weighted by atomic mass is 10.0. The molecule has 3 aromatic rings. The molecule has 0 spiro atoms. The number of nitrogens with zero attached hydrogens (tertiary/aromatic N) is 3. The minimum atomic E-state index is -3.27. The van der Waals surface area contributed by atoms with Gasteiger partial charge in [-0.25, -0.2) is 19.9 Å². The number of nitrogens with one attached hydrogen (secondary N) is 4. The number of ether oxygens (including phenoxy) is 2. The second kappa shape index (κ2) is 33.0. The van der Waals surface area contributed by atoms with Crippen LogP contribution in [-0.4, -0.2) is 126 Å². The summed E-state index contributed by atoms with van der Waals surface area (Å²) in [5.74, 6) is -2.98. The molecular weight excluding hydrogens is 1050 g/mol. The Morgan fingerprint density at radius 3 is 1.90 bits per heavy atom. The quantitative estimate of drug-likeness (QED) is 0.0149. The fourth-order valence-electron chi connectivity index (χ4n) is 10.3. The zero-order chi connectivity index (χ0) is 58.8. The van der Waals surface area contributed by atoms with Crippen molar-refractivity contribution in [3.8, 4) is 5.75 Å². The van der Waals surface area contributed by atoms with Crippen LogP contribution in [0.1, 0.15) is 182 Å². The molecule has 2 aliphatic heterocycles. The predicted molar refractivity (Wildman–Crippen MR) is 316 cm³/mol. The van der Waals surface area contributed by atoms with Crippen LogP contribution in [0.2, 0.25) is 5.04 Å². The van der Waals surface area contributed by atoms with Crippen molar-refractivity contribution in [1.82, 2.24) is 31.4 Å². The van der Waals surface area contributed by atoms with Crippen molar-refractivity contribution in [2.24, 2.45) is 4.99 Å². The van der Waals surface area contributed by atoms with Crippen LogP contribution in [0.5, 0.6) is 5.75 Å². The summed E-state index contributed by atoms with van der Waals surface area (Å²) in [4.78, 5) is 88.0. The fraction of sp³-hybridized carbons (Fsp3) is 0.597. The number of benzene rings is 3. The number of unbranched alkanes of at least 4 members (excludes halogenated alkanes) is 13. The average molecular weight is 1140 g/mol. The third-order valence-corrected chi connectivity index (χ3v) is 19.6. The SMILES string of the molecule is CCCCCCCCCCCCCCCC(=O)N(O)CCCC[C@H](NC(=O)C1COC(c2ccccc2O)=N1)C(=O)NC[C@H](NC(=O)OC(C)(C)C)C(=O)N[C@H]1CCCCN(O[Si](c2ccccc2)(c2ccccc2)C(C)(C)C)C1=O. The molecule has 6 amide bonds. The van der Waals surface area contributed by atoms with Crippen molar-refractivity contribution in [2.75, 3.05) is 26.2 Å². The van der Waals surface area contributed by atoms with Crippen molar-refractivity contribution >= 4 is 60.2 Å². The highest BCUT2D eigenvalue weighted by molar-refractivity contribution is 6.99. The number of hydrogen-bond acceptors (Lipinski definition) is 12. The molecule has 5 rings (SSSR count). The zero-order valence-corrected chi connectivity index (χ0v) is 50.3. The first kappa shape index (κ1) is 65.5. The van der Waals surface area contributed by atoms with Crippen molar-refractivity contribution < 1.29 is 53.1 Å². The molecule has 0 saturated carbocycles. The van der Waals surface area contributed by atoms with Crippen LogP contribution in [0.4, 0.5) is 4.79 Å². The van der Waals surface area contributed by atoms with E-state index in [9.17, 15) is 39.1 Å². The minimum Gasteiger partial charge on any atom is -0.507 e. The predicted octanol–water partition coefficient (Wildman–Crippen LogP) is 8.89. The number of hydrogen-bond donors (Lipinski definition) is 6. The van der Waals surface area contributed by atoms with E-state index in [1.165, 1.54) is 68.9 Å². The summed E-state index contributed by atoms with van der Waals surface area (Å²) in [6, 6.07) is 21.4. The molecule has 19 heteroatoms. The van der Waals surface area contributed by atoms with Crippen molar-refractivity contribution in [3.63, 3.8) is 0 Å². The van der Waals surface area contributed by atoms with Crippen LogP contribution in [0, 0.1) is 0 Å². The maximum atomic E-state index is 14.7. The van der Waals surface area contributed by atoms with Gasteiger partial charge in [-0.1, -0.05) is 178 Å². The van der Waals surface area contributed by atoms with Gasteiger partial charge in [-0.3, -0.25) is 29.2 Å². The third kappa shape index (κ3) is 20.9. The maximum absolute atomic E-state index is 14.7. The number of hydroxylamine groups is 4. The van der Waals surface area contributed by atoms with Crippen LogP contribution in [0.15, 0.2) is 89.9 Å². The Kier molecular flexibility index (Phi) is 26.6. The first-order valence-corrected chi connectivity index (χ1v) is 31.6. The van der Waals surface area contributed by atoms with E-state index in [-0.39, 0.29) is 62.9 Å². The van der Waals surface area contributed by atoms with E-state index in [0.29, 0.717) is 36.3 Å². The highest BCUT2D eigenvalue weighted by Crippen LogP contribution is 2.38. The number of aromatic hydroxyl groups is 1. The summed E-state index contributed by atoms with van der Waals surface area (Å²) in [5.41, 5.74) is -0.655. The average Bonchev–Trinajstić information content (AvgIpc) is 3.91. The Bertz CT molecular complexity index is 2450. The number of alkyl carbamates (subject to hydrolysis) is 1. The monoisotopic (exact) mass is 1140 g/mol. The topological polar surface area (TPSA) is 238 Å². The van der Waals surface area contributed by atoms with Crippen LogP contribution in [0.3, 0.4) is 0 Å². The lowest BCUT2D eigenvalue weighted by molar-refractivity contribution is -0.165. The summed E-state index contributed by atoms with van der Waals surface area (Å²) < 4.78 is 18.4. The molecular formula is C62H93N7O11Si. The number of amides is 6. The molecule has 446 valence electrons. The van der Waals surface area contributed by atoms with Gasteiger partial charge in [0.15, 0.2) is 6.04 Å². The summed E-state index contributed by atoms with van der Waals surface area (Å²) in [5, 5.41) is 35.6. The molecule has 6 N–H and O–H groups in total. The first-order valence-electron chi connectivity index (χ1n) is 29.7. The fourth-order valence-corrected chi connectivity index (χ4v) is 14.7. The minimum absolute atomic E-state index is 0.00650. The number of aliphatic imine (C=N–C) groups is 1. The van der Waals surface area contributed by atoms with Crippen LogP contribution < -0.4 is 31.6 Å². The summed E-state index contributed by atoms with van der Waals surface area (Å²) in [6.45, 7) is 13.2. The highest BCUT2D eigenvalue weighted by Gasteiger charge is 2.53. The Morgan fingerprint density at radius 2 is 1.32 bits per heavy atom. The van der Waals surface area contributed by atoms with Gasteiger partial charge in [0.2, 0.25) is 29.5 Å². The van der Waals surface area contributed by atoms with Gasteiger partial charge in [0, 0.05) is 26.1 Å². The van der Waals surface area contributed by atoms with Crippen molar-refractivity contribution in [2.45, 2.75) is 212 Å². The summed E-state index contributed by atoms with van der Waals surface area (Å²) in [7, 11) is -3.27. The van der Waals surface area contributed by atoms with Gasteiger partial charge in [-0.15, -0.1) is 0 Å². The second-order valence-corrected chi connectivity index (χ2v) is 27.7. The molecule has 1 unspecified atom stereocenters. The Morgan fingerprint density at radius 1 is 0.741 bits per heavy atom. The molecule has 2 heterocycles. The van der Waals surface area contributed by atoms with Crippen LogP contribution >= 0.6 is 0 Å². The molecule has 0 aliphatic carbocycles. The standard InChI is InChI=1S/C62H93N7O11Si/c1-8-9-10-11-12-13-14-15-16-17-18-19-26-41-54(71)68(77)42-31-29-38-49(64-57(74)52-45-78-58(66-52)48-37-27-28-40-53(48)70)55(72)63-44-51(67-60(76)79-61(2,3)4)56(73)65-50-39-30-32-43-69(59(50)75)80-81(62(5,6)7,46-33-22-20-23-34-46)47-35-24-21-25-36-47/h20-25,27-28,33-37,40,49-52,70,77H,8-19,26,29-32,38-39,41-45H2,1-7H3,(H,63,72)(H,64,74)(H,65,73)(H,67,76)/t49-,50-,51-,52?/m0/s1. The third-order valence-electron chi connectivity index (χ3n) is 14.7. The smallest absolute Gasteiger partial charge is 0.408 e. The molecule has 81 heavy (non-hydrogen) atoms. The number of phenols is 1. The van der Waals surface area contributed by atoms with Crippen LogP contribution in [0.25, 0.3) is 0 Å². The van der Waals surface area contributed by atoms with Gasteiger partial charge >= 0.3 is 6.09 Å². The molecule has 1 fully saturated rings. The van der Waals surface area contributed by atoms with Crippen molar-refractivity contribution in [3.05, 3.63) is 90.5 Å². The number of carbonyl (C=O) groups is 6. The van der Waals surface area contributed by atoms with Gasteiger partial charge in [0.05, 0.1) is 5.56 Å². The maximum Gasteiger partial charge on any atom is 0.408 e. The van der Waals surface area contributed by atoms with E-state index in [0.717, 1.165) is 29.6 Å². The van der Waals surface area contributed by atoms with E-state index in [1.54, 1.807) is 39.0 Å². The first-order chi connectivity index (χ1) is 38.7. The second-order valence-electron chi connectivity index (χ2n) is 23.5. The van der Waals surface area contributed by atoms with Gasteiger partial charge in [-0.05, 0) is 93.3 Å². The molecule has 4 atom stereocenters. The number of para-hydroxylation sites is 1. The van der Waals surface area contributed by atoms with E-state index >= 15 is 0 Å². The molecule has 1 saturated heterocycles. The summed E-state index contributed by atoms with van der Waals surface area (Å²) >= 11 is 0. The number of phenolic OH excluding ortho intramolecular Hbond substituents is 1. The van der Waals surface area contributed by atoms with Gasteiger partial charge in [-0.2, -0.15) is 0 Å². The molecule has 0 bridgehead atoms. The highest BCUT2D eigenvalue weighted by atomic mass is 28.4. The summed E-state index contributed by atoms with van der Waals surface area (Å²) in [6.07, 6.45) is 16.7. The molecule has 2 aliphatic rings. The van der Waals surface area contributed by atoms with E-state index in [4.69, 9.17) is 14.0 Å². The molecule has 18 nitrogen and oxygen atoms in total. The largest absolute Gasteiger partial charge is 0.507 e. The normalized spacial score (nSPS) is 16.5. The van der Waals surface area contributed by atoms with Crippen LogP contribution in [-0.2, 0) is 38.0 Å². The Labute approximate surface area is 482 Å². The van der Waals surface area contributed by atoms with Gasteiger partial charge in [0.25, 0.3) is 14.2 Å². The lowest BCUT2D eigenvalue weighted by Gasteiger charge is -2.45. The van der Waals surface area contributed by atoms with E-state index in [1.807, 2.05) is 60.7 Å². The van der Waals surface area contributed by atoms with Crippen molar-refractivity contribution in [1.29, 1.82) is 0 Å². The van der Waals surface area contributed by atoms with E-state index in [2.05, 4.69) is 54.0 Å². The Balaban J connectivity index is 1.25. The number of carbonyl (C=O) groups excluding carboxylic acids is 6. The molecule has 0 aromatic heterocycles. The van der Waals surface area contributed by atoms with Gasteiger partial charge in [0.1, 0.15) is 36.1 Å². The Hall–Kier alpha value is -6.31. The zero-order valence-electron chi connectivity index (χ0n) is 49.3. The molecule has 3 aromatic carbocycles. The molecule has 0 radical (unpaired) electrons.